The maximum Gasteiger partial charge on any atom is 0.320 e. The molecule has 3 aromatic rings. The average molecular weight is 723 g/mol. The number of nitrogens with one attached hydrogen (secondary N) is 2. The fourth-order valence-electron chi connectivity index (χ4n) is 7.85. The third-order valence-corrected chi connectivity index (χ3v) is 10.3. The van der Waals surface area contributed by atoms with Crippen LogP contribution in [0.4, 0.5) is 0 Å². The number of phenols is 5. The second-order valence-electron chi connectivity index (χ2n) is 15.4. The van der Waals surface area contributed by atoms with E-state index in [1.165, 1.54) is 0 Å². The number of hydrogen-bond donors (Lipinski definition) is 10. The second-order valence-corrected chi connectivity index (χ2v) is 15.4. The van der Waals surface area contributed by atoms with Crippen molar-refractivity contribution in [1.29, 1.82) is 0 Å². The lowest BCUT2D eigenvalue weighted by Crippen LogP contribution is -2.40. The maximum absolute atomic E-state index is 12.3. The lowest BCUT2D eigenvalue weighted by Gasteiger charge is -2.33. The fourth-order valence-corrected chi connectivity index (χ4v) is 7.85. The maximum atomic E-state index is 12.3. The largest absolute Gasteiger partial charge is 0.507 e. The Morgan fingerprint density at radius 2 is 1.15 bits per heavy atom. The van der Waals surface area contributed by atoms with Gasteiger partial charge in [-0.1, -0.05) is 68.4 Å². The quantitative estimate of drug-likeness (QED) is 0.0811. The van der Waals surface area contributed by atoms with Gasteiger partial charge in [-0.05, 0) is 59.4 Å². The molecule has 3 atom stereocenters. The Morgan fingerprint density at radius 1 is 0.692 bits per heavy atom. The molecule has 10 N–H and O–H groups in total. The summed E-state index contributed by atoms with van der Waals surface area (Å²) in [5.41, 5.74) is 2.95. The van der Waals surface area contributed by atoms with Crippen LogP contribution < -0.4 is 10.6 Å². The van der Waals surface area contributed by atoms with Gasteiger partial charge in [-0.25, -0.2) is 0 Å². The van der Waals surface area contributed by atoms with Crippen LogP contribution in [0, 0.1) is 24.7 Å². The van der Waals surface area contributed by atoms with Gasteiger partial charge in [0.25, 0.3) is 0 Å². The molecule has 0 spiro atoms. The number of aryl methyl sites for hydroxylation is 1. The summed E-state index contributed by atoms with van der Waals surface area (Å²) in [7, 11) is 0. The summed E-state index contributed by atoms with van der Waals surface area (Å²) in [6.45, 7) is 17.5. The number of aliphatic hydroxyl groups excluding tert-OH is 1. The first kappa shape index (κ1) is 40.1. The monoisotopic (exact) mass is 722 g/mol. The zero-order valence-corrected chi connectivity index (χ0v) is 31.6. The molecule has 52 heavy (non-hydrogen) atoms. The van der Waals surface area contributed by atoms with Crippen molar-refractivity contribution in [1.82, 2.24) is 10.6 Å². The normalized spacial score (nSPS) is 16.0. The standard InChI is InChI=1S/C40H54N2O10/c1-15(2)25-21-11-19(9)27(35(45)29(21)23(33(43)37(25)47)13-41-31(17(5)6)39(49)50)28-20(10)12-22-26(16(3)4)38(48)34(44)24(30(22)36(28)46)14-42-32(18(7)8)40(51)52/h11,15-18,20,31-32,41-48H,12-14H2,1-10H3,(H,49,50)(H,51,52)/t20?,31-,32-/m0/s1. The Kier molecular flexibility index (Phi) is 11.7. The highest BCUT2D eigenvalue weighted by molar-refractivity contribution is 6.05. The summed E-state index contributed by atoms with van der Waals surface area (Å²) in [5, 5.41) is 96.1. The van der Waals surface area contributed by atoms with E-state index < -0.39 is 41.4 Å². The first-order valence-electron chi connectivity index (χ1n) is 17.8. The van der Waals surface area contributed by atoms with Gasteiger partial charge in [0.2, 0.25) is 0 Å². The molecular weight excluding hydrogens is 668 g/mol. The summed E-state index contributed by atoms with van der Waals surface area (Å²) in [4.78, 5) is 24.1. The van der Waals surface area contributed by atoms with Gasteiger partial charge in [0, 0.05) is 57.4 Å². The Balaban J connectivity index is 2.11. The molecule has 1 aliphatic carbocycles. The minimum absolute atomic E-state index is 0.0782. The number of aromatic hydroxyl groups is 5. The Morgan fingerprint density at radius 3 is 1.62 bits per heavy atom. The van der Waals surface area contributed by atoms with Gasteiger partial charge in [0.1, 0.15) is 23.6 Å². The van der Waals surface area contributed by atoms with Crippen molar-refractivity contribution in [2.75, 3.05) is 0 Å². The van der Waals surface area contributed by atoms with Crippen LogP contribution in [-0.4, -0.2) is 64.9 Å². The predicted octanol–water partition coefficient (Wildman–Crippen LogP) is 6.94. The predicted molar refractivity (Wildman–Crippen MR) is 200 cm³/mol. The summed E-state index contributed by atoms with van der Waals surface area (Å²) >= 11 is 0. The van der Waals surface area contributed by atoms with Gasteiger partial charge in [0.15, 0.2) is 23.0 Å². The van der Waals surface area contributed by atoms with Crippen LogP contribution in [0.2, 0.25) is 0 Å². The van der Waals surface area contributed by atoms with Gasteiger partial charge in [-0.3, -0.25) is 20.2 Å². The topological polar surface area (TPSA) is 220 Å². The number of phenolic OH excluding ortho intramolecular Hbond substituents is 5. The van der Waals surface area contributed by atoms with Gasteiger partial charge in [-0.15, -0.1) is 0 Å². The highest BCUT2D eigenvalue weighted by Gasteiger charge is 2.37. The number of carboxylic acid groups (broad SMARTS) is 2. The van der Waals surface area contributed by atoms with Crippen LogP contribution in [0.25, 0.3) is 22.1 Å². The number of rotatable bonds is 13. The highest BCUT2D eigenvalue weighted by atomic mass is 16.4. The molecule has 0 heterocycles. The van der Waals surface area contributed by atoms with Gasteiger partial charge >= 0.3 is 11.9 Å². The molecule has 0 bridgehead atoms. The van der Waals surface area contributed by atoms with E-state index in [1.54, 1.807) is 40.7 Å². The summed E-state index contributed by atoms with van der Waals surface area (Å²) in [6, 6.07) is -0.236. The molecule has 12 nitrogen and oxygen atoms in total. The molecule has 12 heteroatoms. The molecule has 0 fully saturated rings. The molecule has 0 aliphatic heterocycles. The summed E-state index contributed by atoms with van der Waals surface area (Å²) in [6.07, 6.45) is 0.285. The van der Waals surface area contributed by atoms with Crippen LogP contribution in [0.3, 0.4) is 0 Å². The highest BCUT2D eigenvalue weighted by Crippen LogP contribution is 2.54. The van der Waals surface area contributed by atoms with E-state index in [0.717, 1.165) is 0 Å². The summed E-state index contributed by atoms with van der Waals surface area (Å²) in [5.74, 6) is -6.13. The number of aliphatic hydroxyl groups is 1. The summed E-state index contributed by atoms with van der Waals surface area (Å²) < 4.78 is 0. The Hall–Kier alpha value is -4.68. The van der Waals surface area contributed by atoms with Crippen molar-refractivity contribution >= 4 is 34.0 Å². The van der Waals surface area contributed by atoms with Crippen LogP contribution in [-0.2, 0) is 29.1 Å². The number of carboxylic acids is 2. The van der Waals surface area contributed by atoms with E-state index in [0.29, 0.717) is 33.2 Å². The zero-order valence-electron chi connectivity index (χ0n) is 31.6. The zero-order chi connectivity index (χ0) is 39.3. The molecule has 0 aromatic heterocycles. The number of carbonyl (C=O) groups is 2. The van der Waals surface area contributed by atoms with Crippen LogP contribution in [0.5, 0.6) is 28.7 Å². The van der Waals surface area contributed by atoms with Crippen LogP contribution in [0.15, 0.2) is 6.07 Å². The third kappa shape index (κ3) is 6.93. The first-order chi connectivity index (χ1) is 24.1. The molecule has 0 saturated heterocycles. The van der Waals surface area contributed by atoms with E-state index in [1.807, 2.05) is 34.6 Å². The minimum Gasteiger partial charge on any atom is -0.507 e. The number of fused-ring (bicyclic) bond motifs is 2. The Bertz CT molecular complexity index is 1940. The molecule has 4 rings (SSSR count). The molecule has 3 aromatic carbocycles. The molecule has 1 unspecified atom stereocenters. The van der Waals surface area contributed by atoms with Crippen LogP contribution in [0.1, 0.15) is 119 Å². The third-order valence-electron chi connectivity index (χ3n) is 10.3. The molecule has 284 valence electrons. The number of aliphatic carboxylic acids is 2. The smallest absolute Gasteiger partial charge is 0.320 e. The van der Waals surface area contributed by atoms with Crippen molar-refractivity contribution in [2.24, 2.45) is 17.8 Å². The van der Waals surface area contributed by atoms with Crippen molar-refractivity contribution in [3.8, 4) is 28.7 Å². The van der Waals surface area contributed by atoms with E-state index in [2.05, 4.69) is 10.6 Å². The number of hydrogen-bond acceptors (Lipinski definition) is 10. The second kappa shape index (κ2) is 15.1. The molecule has 0 amide bonds. The van der Waals surface area contributed by atoms with E-state index in [-0.39, 0.29) is 93.8 Å². The lowest BCUT2D eigenvalue weighted by molar-refractivity contribution is -0.141. The van der Waals surface area contributed by atoms with Crippen molar-refractivity contribution in [2.45, 2.75) is 113 Å². The van der Waals surface area contributed by atoms with Gasteiger partial charge < -0.3 is 40.9 Å². The lowest BCUT2D eigenvalue weighted by atomic mass is 9.73. The molecular formula is C40H54N2O10. The Labute approximate surface area is 304 Å². The SMILES string of the molecule is Cc1cc2c(C(C)C)c(O)c(O)c(CN[C@H](C(=O)O)C(C)C)c2c(O)c1C1=C(O)c2c(CN[C@H](C(=O)O)C(C)C)c(O)c(O)c(C(C)C)c2CC1C. The number of benzene rings is 3. The first-order valence-corrected chi connectivity index (χ1v) is 17.8. The van der Waals surface area contributed by atoms with Gasteiger partial charge in [-0.2, -0.15) is 0 Å². The van der Waals surface area contributed by atoms with Crippen molar-refractivity contribution in [3.63, 3.8) is 0 Å². The van der Waals surface area contributed by atoms with Crippen molar-refractivity contribution < 1.29 is 50.4 Å². The number of allylic oxidation sites excluding steroid dienone is 1. The van der Waals surface area contributed by atoms with Gasteiger partial charge in [0.05, 0.1) is 0 Å². The average Bonchev–Trinajstić information content (AvgIpc) is 3.01. The van der Waals surface area contributed by atoms with E-state index in [4.69, 9.17) is 0 Å². The molecule has 0 saturated carbocycles. The molecule has 0 radical (unpaired) electrons. The molecule has 1 aliphatic rings. The minimum atomic E-state index is -1.10. The van der Waals surface area contributed by atoms with E-state index in [9.17, 15) is 50.4 Å². The fraction of sp³-hybridized carbons (Fsp3) is 0.500. The van der Waals surface area contributed by atoms with Crippen molar-refractivity contribution in [3.05, 3.63) is 50.6 Å². The van der Waals surface area contributed by atoms with Crippen LogP contribution >= 0.6 is 0 Å². The van der Waals surface area contributed by atoms with E-state index >= 15 is 0 Å².